The van der Waals surface area contributed by atoms with Crippen molar-refractivity contribution in [1.82, 2.24) is 0 Å². The molecule has 112 valence electrons. The Morgan fingerprint density at radius 2 is 1.91 bits per heavy atom. The summed E-state index contributed by atoms with van der Waals surface area (Å²) in [6, 6.07) is 9.73. The van der Waals surface area contributed by atoms with Crippen LogP contribution in [0, 0.1) is 5.82 Å². The van der Waals surface area contributed by atoms with Gasteiger partial charge in [0.25, 0.3) is 5.91 Å². The van der Waals surface area contributed by atoms with Crippen molar-refractivity contribution in [2.24, 2.45) is 0 Å². The Morgan fingerprint density at radius 3 is 2.59 bits per heavy atom. The number of carbonyl (C=O) groups excluding carboxylic acids is 2. The quantitative estimate of drug-likeness (QED) is 0.595. The molecule has 22 heavy (non-hydrogen) atoms. The van der Waals surface area contributed by atoms with E-state index in [1.807, 2.05) is 0 Å². The van der Waals surface area contributed by atoms with Gasteiger partial charge in [0.2, 0.25) is 0 Å². The number of benzene rings is 2. The van der Waals surface area contributed by atoms with Crippen LogP contribution in [0.2, 0.25) is 0 Å². The SMILES string of the molecule is Nc1ccc(C(=O)CC2(O)C(=O)Nc3ccc(F)cc32)cc1. The zero-order valence-electron chi connectivity index (χ0n) is 11.5. The minimum atomic E-state index is -2.07. The van der Waals surface area contributed by atoms with E-state index in [0.29, 0.717) is 16.9 Å². The Balaban J connectivity index is 1.94. The van der Waals surface area contributed by atoms with Crippen LogP contribution in [0.5, 0.6) is 0 Å². The van der Waals surface area contributed by atoms with E-state index in [1.54, 1.807) is 12.1 Å². The van der Waals surface area contributed by atoms with E-state index in [-0.39, 0.29) is 5.56 Å². The van der Waals surface area contributed by atoms with Crippen LogP contribution in [0.3, 0.4) is 0 Å². The molecular formula is C16H13FN2O3. The standard InChI is InChI=1S/C16H13FN2O3/c17-10-3-6-13-12(7-10)16(22,15(21)19-13)8-14(20)9-1-4-11(18)5-2-9/h1-7,22H,8,18H2,(H,19,21). The normalized spacial score (nSPS) is 19.6. The number of hydrogen-bond acceptors (Lipinski definition) is 4. The summed E-state index contributed by atoms with van der Waals surface area (Å²) in [6.45, 7) is 0. The minimum absolute atomic E-state index is 0.0706. The first-order valence-electron chi connectivity index (χ1n) is 6.63. The highest BCUT2D eigenvalue weighted by Gasteiger charge is 2.47. The van der Waals surface area contributed by atoms with Gasteiger partial charge in [-0.2, -0.15) is 0 Å². The molecule has 1 amide bonds. The zero-order valence-corrected chi connectivity index (χ0v) is 11.5. The largest absolute Gasteiger partial charge is 0.399 e. The zero-order chi connectivity index (χ0) is 15.9. The highest BCUT2D eigenvalue weighted by atomic mass is 19.1. The Bertz CT molecular complexity index is 773. The first-order valence-corrected chi connectivity index (χ1v) is 6.63. The fourth-order valence-electron chi connectivity index (χ4n) is 2.49. The highest BCUT2D eigenvalue weighted by Crippen LogP contribution is 2.39. The van der Waals surface area contributed by atoms with Crippen LogP contribution in [0.15, 0.2) is 42.5 Å². The molecule has 1 heterocycles. The molecule has 2 aromatic carbocycles. The van der Waals surface area contributed by atoms with Gasteiger partial charge in [-0.25, -0.2) is 4.39 Å². The molecule has 1 aliphatic heterocycles. The summed E-state index contributed by atoms with van der Waals surface area (Å²) in [5.41, 5.74) is 4.67. The lowest BCUT2D eigenvalue weighted by molar-refractivity contribution is -0.133. The van der Waals surface area contributed by atoms with Crippen molar-refractivity contribution in [3.8, 4) is 0 Å². The maximum Gasteiger partial charge on any atom is 0.261 e. The van der Waals surface area contributed by atoms with Gasteiger partial charge in [0.05, 0.1) is 6.42 Å². The number of fused-ring (bicyclic) bond motifs is 1. The molecule has 1 unspecified atom stereocenters. The maximum absolute atomic E-state index is 13.4. The fourth-order valence-corrected chi connectivity index (χ4v) is 2.49. The Kier molecular flexibility index (Phi) is 3.18. The molecule has 0 fully saturated rings. The van der Waals surface area contributed by atoms with E-state index in [0.717, 1.165) is 6.07 Å². The monoisotopic (exact) mass is 300 g/mol. The highest BCUT2D eigenvalue weighted by molar-refractivity contribution is 6.09. The lowest BCUT2D eigenvalue weighted by atomic mass is 9.88. The molecule has 2 aromatic rings. The van der Waals surface area contributed by atoms with Crippen molar-refractivity contribution in [1.29, 1.82) is 0 Å². The van der Waals surface area contributed by atoms with Gasteiger partial charge < -0.3 is 16.2 Å². The molecule has 0 radical (unpaired) electrons. The van der Waals surface area contributed by atoms with Crippen molar-refractivity contribution in [3.05, 3.63) is 59.4 Å². The fraction of sp³-hybridized carbons (Fsp3) is 0.125. The number of nitrogens with one attached hydrogen (secondary N) is 1. The van der Waals surface area contributed by atoms with Crippen LogP contribution in [0.1, 0.15) is 22.3 Å². The molecule has 4 N–H and O–H groups in total. The van der Waals surface area contributed by atoms with Crippen molar-refractivity contribution < 1.29 is 19.1 Å². The molecule has 1 aliphatic rings. The summed E-state index contributed by atoms with van der Waals surface area (Å²) in [5, 5.41) is 13.1. The number of Topliss-reactive ketones (excluding diaryl/α,β-unsaturated/α-hetero) is 1. The molecule has 0 saturated carbocycles. The number of anilines is 2. The lowest BCUT2D eigenvalue weighted by Gasteiger charge is -2.20. The van der Waals surface area contributed by atoms with Crippen LogP contribution in [-0.4, -0.2) is 16.8 Å². The Hall–Kier alpha value is -2.73. The van der Waals surface area contributed by atoms with Crippen LogP contribution in [0.25, 0.3) is 0 Å². The van der Waals surface area contributed by atoms with E-state index in [4.69, 9.17) is 5.73 Å². The first-order chi connectivity index (χ1) is 10.4. The van der Waals surface area contributed by atoms with Gasteiger partial charge in [0, 0.05) is 22.5 Å². The van der Waals surface area contributed by atoms with E-state index in [1.165, 1.54) is 24.3 Å². The predicted octanol–water partition coefficient (Wildman–Crippen LogP) is 1.82. The van der Waals surface area contributed by atoms with E-state index < -0.39 is 29.5 Å². The smallest absolute Gasteiger partial charge is 0.261 e. The van der Waals surface area contributed by atoms with Gasteiger partial charge in [-0.3, -0.25) is 9.59 Å². The van der Waals surface area contributed by atoms with E-state index >= 15 is 0 Å². The summed E-state index contributed by atoms with van der Waals surface area (Å²) < 4.78 is 13.4. The number of carbonyl (C=O) groups is 2. The number of nitrogen functional groups attached to an aromatic ring is 1. The van der Waals surface area contributed by atoms with Crippen molar-refractivity contribution >= 4 is 23.1 Å². The molecule has 0 aliphatic carbocycles. The lowest BCUT2D eigenvalue weighted by Crippen LogP contribution is -2.36. The molecule has 0 saturated heterocycles. The van der Waals surface area contributed by atoms with Gasteiger partial charge in [0.15, 0.2) is 11.4 Å². The second-order valence-electron chi connectivity index (χ2n) is 5.23. The topological polar surface area (TPSA) is 92.4 Å². The number of amides is 1. The molecule has 0 spiro atoms. The Labute approximate surface area is 125 Å². The average molecular weight is 300 g/mol. The third kappa shape index (κ3) is 2.23. The maximum atomic E-state index is 13.4. The number of hydrogen-bond donors (Lipinski definition) is 3. The summed E-state index contributed by atoms with van der Waals surface area (Å²) in [7, 11) is 0. The van der Waals surface area contributed by atoms with Gasteiger partial charge in [0.1, 0.15) is 5.82 Å². The van der Waals surface area contributed by atoms with Crippen LogP contribution < -0.4 is 11.1 Å². The third-order valence-electron chi connectivity index (χ3n) is 3.70. The first kappa shape index (κ1) is 14.2. The summed E-state index contributed by atoms with van der Waals surface area (Å²) in [4.78, 5) is 24.3. The van der Waals surface area contributed by atoms with Crippen LogP contribution >= 0.6 is 0 Å². The minimum Gasteiger partial charge on any atom is -0.399 e. The average Bonchev–Trinajstić information content (AvgIpc) is 2.71. The number of aliphatic hydroxyl groups is 1. The molecule has 3 rings (SSSR count). The van der Waals surface area contributed by atoms with E-state index in [2.05, 4.69) is 5.32 Å². The number of ketones is 1. The van der Waals surface area contributed by atoms with Gasteiger partial charge in [-0.15, -0.1) is 0 Å². The van der Waals surface area contributed by atoms with Crippen molar-refractivity contribution in [2.45, 2.75) is 12.0 Å². The predicted molar refractivity (Wildman–Crippen MR) is 78.7 cm³/mol. The molecular weight excluding hydrogens is 287 g/mol. The second kappa shape index (κ2) is 4.92. The van der Waals surface area contributed by atoms with Crippen LogP contribution in [0.4, 0.5) is 15.8 Å². The van der Waals surface area contributed by atoms with E-state index in [9.17, 15) is 19.1 Å². The summed E-state index contributed by atoms with van der Waals surface area (Å²) >= 11 is 0. The van der Waals surface area contributed by atoms with Gasteiger partial charge >= 0.3 is 0 Å². The molecule has 0 aromatic heterocycles. The second-order valence-corrected chi connectivity index (χ2v) is 5.23. The third-order valence-corrected chi connectivity index (χ3v) is 3.70. The number of nitrogens with two attached hydrogens (primary N) is 1. The Morgan fingerprint density at radius 1 is 1.23 bits per heavy atom. The molecule has 1 atom stereocenters. The van der Waals surface area contributed by atoms with Crippen LogP contribution in [-0.2, 0) is 10.4 Å². The van der Waals surface area contributed by atoms with Gasteiger partial charge in [-0.05, 0) is 42.5 Å². The molecule has 6 heteroatoms. The van der Waals surface area contributed by atoms with Gasteiger partial charge in [-0.1, -0.05) is 0 Å². The summed E-state index contributed by atoms with van der Waals surface area (Å²) in [6.07, 6.45) is -0.473. The number of halogens is 1. The molecule has 5 nitrogen and oxygen atoms in total. The van der Waals surface area contributed by atoms with Crippen molar-refractivity contribution in [3.63, 3.8) is 0 Å². The van der Waals surface area contributed by atoms with Crippen molar-refractivity contribution in [2.75, 3.05) is 11.1 Å². The summed E-state index contributed by atoms with van der Waals surface area (Å²) in [5.74, 6) is -1.76. The number of rotatable bonds is 3. The molecule has 0 bridgehead atoms.